The Labute approximate surface area is 189 Å². The van der Waals surface area contributed by atoms with Crippen molar-refractivity contribution >= 4 is 23.2 Å². The van der Waals surface area contributed by atoms with Gasteiger partial charge in [0, 0.05) is 24.8 Å². The van der Waals surface area contributed by atoms with Crippen molar-refractivity contribution in [2.45, 2.75) is 38.3 Å². The van der Waals surface area contributed by atoms with Crippen LogP contribution in [0.2, 0.25) is 0 Å². The van der Waals surface area contributed by atoms with Gasteiger partial charge in [0.05, 0.1) is 24.9 Å². The fourth-order valence-corrected chi connectivity index (χ4v) is 3.90. The van der Waals surface area contributed by atoms with E-state index < -0.39 is 44.0 Å². The minimum Gasteiger partial charge on any atom is -0.676 e. The van der Waals surface area contributed by atoms with Crippen molar-refractivity contribution in [3.05, 3.63) is 23.9 Å². The molecule has 0 aromatic heterocycles. The molecule has 0 unspecified atom stereocenters. The van der Waals surface area contributed by atoms with E-state index >= 15 is 0 Å². The Kier molecular flexibility index (Phi) is 8.87. The minimum atomic E-state index is -3.17. The van der Waals surface area contributed by atoms with E-state index in [1.807, 2.05) is 0 Å². The average molecular weight is 475 g/mol. The summed E-state index contributed by atoms with van der Waals surface area (Å²) in [6.07, 6.45) is 0.128. The average Bonchev–Trinajstić information content (AvgIpc) is 2.71. The first-order valence-corrected chi connectivity index (χ1v) is 10.7. The predicted octanol–water partition coefficient (Wildman–Crippen LogP) is 3.38. The third-order valence-electron chi connectivity index (χ3n) is 5.75. The Morgan fingerprint density at radius 2 is 2.06 bits per heavy atom. The number of hydrogen-bond acceptors (Lipinski definition) is 5. The minimum absolute atomic E-state index is 0.0826. The van der Waals surface area contributed by atoms with Crippen LogP contribution in [-0.2, 0) is 14.3 Å². The molecule has 0 bridgehead atoms. The number of halogens is 4. The van der Waals surface area contributed by atoms with Gasteiger partial charge in [0.2, 0.25) is 5.91 Å². The summed E-state index contributed by atoms with van der Waals surface area (Å²) < 4.78 is 61.8. The normalized spacial score (nSPS) is 18.1. The summed E-state index contributed by atoms with van der Waals surface area (Å²) in [6.45, 7) is -3.77. The highest BCUT2D eigenvalue weighted by Gasteiger charge is 2.30. The standard InChI is InChI=1S/C21H27F4N4O4/c22-18(23)11-28(10-13-2-1-3-13)16(9-26)20(31)27-14-4-5-15(17(8-14)33-21(24)25)29-6-7-32-12-19(29)30/h4-5,8,13,16,18,21,26H,1-3,6-7,9-12H2,(H,27,31)/q-1/t16-/m0/s1. The molecule has 33 heavy (non-hydrogen) atoms. The van der Waals surface area contributed by atoms with Crippen molar-refractivity contribution in [1.29, 1.82) is 0 Å². The lowest BCUT2D eigenvalue weighted by atomic mass is 9.85. The molecular formula is C21H27F4N4O4-. The van der Waals surface area contributed by atoms with Crippen LogP contribution >= 0.6 is 0 Å². The zero-order valence-corrected chi connectivity index (χ0v) is 17.9. The molecule has 1 aliphatic carbocycles. The van der Waals surface area contributed by atoms with Crippen LogP contribution < -0.4 is 15.0 Å². The van der Waals surface area contributed by atoms with Crippen LogP contribution in [0, 0.1) is 5.92 Å². The molecule has 1 aliphatic heterocycles. The maximum atomic E-state index is 13.1. The second kappa shape index (κ2) is 11.6. The van der Waals surface area contributed by atoms with E-state index in [1.54, 1.807) is 0 Å². The van der Waals surface area contributed by atoms with Crippen molar-refractivity contribution in [1.82, 2.24) is 4.90 Å². The molecule has 8 nitrogen and oxygen atoms in total. The van der Waals surface area contributed by atoms with E-state index in [2.05, 4.69) is 10.1 Å². The number of anilines is 2. The monoisotopic (exact) mass is 475 g/mol. The molecule has 2 fully saturated rings. The number of ether oxygens (including phenoxy) is 2. The van der Waals surface area contributed by atoms with E-state index in [1.165, 1.54) is 21.9 Å². The Hall–Kier alpha value is -2.44. The number of hydrogen-bond donors (Lipinski definition) is 1. The molecule has 1 atom stereocenters. The van der Waals surface area contributed by atoms with Gasteiger partial charge in [0.1, 0.15) is 6.61 Å². The molecule has 0 radical (unpaired) electrons. The predicted molar refractivity (Wildman–Crippen MR) is 113 cm³/mol. The highest BCUT2D eigenvalue weighted by Crippen LogP contribution is 2.34. The zero-order valence-electron chi connectivity index (χ0n) is 17.9. The van der Waals surface area contributed by atoms with Gasteiger partial charge >= 0.3 is 6.61 Å². The summed E-state index contributed by atoms with van der Waals surface area (Å²) in [5.74, 6) is -1.23. The molecule has 1 saturated carbocycles. The zero-order chi connectivity index (χ0) is 24.0. The second-order valence-electron chi connectivity index (χ2n) is 8.01. The summed E-state index contributed by atoms with van der Waals surface area (Å²) in [7, 11) is 0. The summed E-state index contributed by atoms with van der Waals surface area (Å²) in [4.78, 5) is 27.5. The third-order valence-corrected chi connectivity index (χ3v) is 5.75. The topological polar surface area (TPSA) is 94.9 Å². The Bertz CT molecular complexity index is 825. The van der Waals surface area contributed by atoms with Gasteiger partial charge in [-0.05, 0) is 30.9 Å². The fraction of sp³-hybridized carbons (Fsp3) is 0.619. The van der Waals surface area contributed by atoms with Gasteiger partial charge < -0.3 is 25.4 Å². The first-order chi connectivity index (χ1) is 15.8. The number of nitrogens with zero attached hydrogens (tertiary/aromatic N) is 2. The highest BCUT2D eigenvalue weighted by atomic mass is 19.3. The number of amides is 2. The molecule has 0 spiro atoms. The van der Waals surface area contributed by atoms with Crippen molar-refractivity contribution < 1.29 is 36.6 Å². The van der Waals surface area contributed by atoms with Crippen LogP contribution in [0.4, 0.5) is 28.9 Å². The molecule has 184 valence electrons. The van der Waals surface area contributed by atoms with Crippen LogP contribution in [0.15, 0.2) is 18.2 Å². The van der Waals surface area contributed by atoms with Gasteiger partial charge in [0.15, 0.2) is 5.75 Å². The molecule has 3 rings (SSSR count). The molecule has 1 saturated heterocycles. The van der Waals surface area contributed by atoms with Gasteiger partial charge in [-0.3, -0.25) is 14.5 Å². The Balaban J connectivity index is 1.78. The number of alkyl halides is 4. The summed E-state index contributed by atoms with van der Waals surface area (Å²) >= 11 is 0. The molecule has 1 aromatic carbocycles. The van der Waals surface area contributed by atoms with Crippen LogP contribution in [0.25, 0.3) is 5.73 Å². The smallest absolute Gasteiger partial charge is 0.387 e. The second-order valence-corrected chi connectivity index (χ2v) is 8.01. The lowest BCUT2D eigenvalue weighted by molar-refractivity contribution is -0.126. The van der Waals surface area contributed by atoms with Crippen molar-refractivity contribution in [2.24, 2.45) is 5.92 Å². The van der Waals surface area contributed by atoms with E-state index in [9.17, 15) is 27.2 Å². The van der Waals surface area contributed by atoms with Gasteiger partial charge in [0.25, 0.3) is 12.3 Å². The molecule has 2 N–H and O–H groups in total. The number of rotatable bonds is 11. The van der Waals surface area contributed by atoms with E-state index in [-0.39, 0.29) is 42.8 Å². The number of carbonyl (C=O) groups is 2. The van der Waals surface area contributed by atoms with Gasteiger partial charge in [-0.2, -0.15) is 8.78 Å². The van der Waals surface area contributed by atoms with Crippen LogP contribution in [-0.4, -0.2) is 75.2 Å². The quantitative estimate of drug-likeness (QED) is 0.495. The summed E-state index contributed by atoms with van der Waals surface area (Å²) in [5.41, 5.74) is 7.93. The largest absolute Gasteiger partial charge is 0.676 e. The van der Waals surface area contributed by atoms with Gasteiger partial charge in [-0.25, -0.2) is 8.78 Å². The molecule has 1 heterocycles. The number of benzene rings is 1. The van der Waals surface area contributed by atoms with E-state index in [4.69, 9.17) is 10.5 Å². The molecule has 2 amide bonds. The van der Waals surface area contributed by atoms with Crippen LogP contribution in [0.3, 0.4) is 0 Å². The van der Waals surface area contributed by atoms with Crippen molar-refractivity contribution in [2.75, 3.05) is 49.6 Å². The summed E-state index contributed by atoms with van der Waals surface area (Å²) in [5, 5.41) is 2.51. The number of carbonyl (C=O) groups excluding carboxylic acids is 2. The van der Waals surface area contributed by atoms with Gasteiger partial charge in [-0.1, -0.05) is 6.42 Å². The number of nitrogens with one attached hydrogen (secondary N) is 2. The first kappa shape index (κ1) is 25.2. The fourth-order valence-electron chi connectivity index (χ4n) is 3.90. The Morgan fingerprint density at radius 1 is 1.30 bits per heavy atom. The van der Waals surface area contributed by atoms with E-state index in [0.717, 1.165) is 25.3 Å². The summed E-state index contributed by atoms with van der Waals surface area (Å²) in [6, 6.07) is 2.78. The lowest BCUT2D eigenvalue weighted by Gasteiger charge is -2.37. The maximum Gasteiger partial charge on any atom is 0.387 e. The third kappa shape index (κ3) is 6.78. The molecule has 2 aliphatic rings. The first-order valence-electron chi connectivity index (χ1n) is 10.7. The Morgan fingerprint density at radius 3 is 2.64 bits per heavy atom. The maximum absolute atomic E-state index is 13.1. The van der Waals surface area contributed by atoms with Crippen molar-refractivity contribution in [3.63, 3.8) is 0 Å². The number of morpholine rings is 1. The van der Waals surface area contributed by atoms with Crippen LogP contribution in [0.1, 0.15) is 19.3 Å². The lowest BCUT2D eigenvalue weighted by Crippen LogP contribution is -2.50. The molecular weight excluding hydrogens is 448 g/mol. The van der Waals surface area contributed by atoms with Crippen molar-refractivity contribution in [3.8, 4) is 5.75 Å². The SMILES string of the molecule is [NH-]C[C@@H](C(=O)Nc1ccc(N2CCOCC2=O)c(OC(F)F)c1)N(CC(F)F)CC1CCC1. The van der Waals surface area contributed by atoms with Gasteiger partial charge in [-0.15, -0.1) is 6.54 Å². The van der Waals surface area contributed by atoms with E-state index in [0.29, 0.717) is 6.54 Å². The van der Waals surface area contributed by atoms with Crippen LogP contribution in [0.5, 0.6) is 5.75 Å². The molecule has 1 aromatic rings. The molecule has 12 heteroatoms. The highest BCUT2D eigenvalue weighted by molar-refractivity contribution is 5.98.